The fraction of sp³-hybridized carbons (Fsp3) is 0.450. The van der Waals surface area contributed by atoms with Gasteiger partial charge in [-0.15, -0.1) is 0 Å². The SMILES string of the molecule is O=C(O)Nc1cnn(-c2ccccc2F)c1.O=C1COCCN1C1CCCCC1. The van der Waals surface area contributed by atoms with E-state index in [0.717, 1.165) is 13.2 Å². The van der Waals surface area contributed by atoms with E-state index in [0.29, 0.717) is 12.6 Å². The maximum absolute atomic E-state index is 13.3. The van der Waals surface area contributed by atoms with E-state index in [1.54, 1.807) is 18.2 Å². The lowest BCUT2D eigenvalue weighted by Gasteiger charge is -2.36. The van der Waals surface area contributed by atoms with E-state index in [1.807, 2.05) is 4.90 Å². The highest BCUT2D eigenvalue weighted by Gasteiger charge is 2.27. The number of anilines is 1. The standard InChI is InChI=1S/C10H8FN3O2.C10H17NO2/c11-8-3-1-2-4-9(8)14-6-7(5-12-14)13-10(15)16;12-10-8-13-7-6-11(10)9-4-2-1-3-5-9/h1-6,13H,(H,15,16);9H,1-8H2. The third kappa shape index (κ3) is 5.77. The van der Waals surface area contributed by atoms with E-state index in [1.165, 1.54) is 55.2 Å². The molecule has 2 N–H and O–H groups in total. The van der Waals surface area contributed by atoms with Gasteiger partial charge in [0.05, 0.1) is 24.7 Å². The van der Waals surface area contributed by atoms with Gasteiger partial charge in [0.25, 0.3) is 0 Å². The van der Waals surface area contributed by atoms with Crippen LogP contribution in [-0.2, 0) is 9.53 Å². The first kappa shape index (κ1) is 20.8. The Bertz CT molecular complexity index is 835. The number of benzene rings is 1. The van der Waals surface area contributed by atoms with Gasteiger partial charge >= 0.3 is 6.09 Å². The lowest BCUT2D eigenvalue weighted by Crippen LogP contribution is -2.48. The second-order valence-electron chi connectivity index (χ2n) is 6.99. The summed E-state index contributed by atoms with van der Waals surface area (Å²) in [5.41, 5.74) is 0.552. The number of hydrogen-bond donors (Lipinski definition) is 2. The molecule has 1 saturated heterocycles. The minimum atomic E-state index is -1.19. The maximum atomic E-state index is 13.3. The number of halogens is 1. The summed E-state index contributed by atoms with van der Waals surface area (Å²) in [5, 5.41) is 14.5. The Kier molecular flexibility index (Phi) is 7.18. The highest BCUT2D eigenvalue weighted by Crippen LogP contribution is 2.23. The summed E-state index contributed by atoms with van der Waals surface area (Å²) >= 11 is 0. The van der Waals surface area contributed by atoms with E-state index < -0.39 is 11.9 Å². The van der Waals surface area contributed by atoms with Gasteiger partial charge in [0.1, 0.15) is 18.1 Å². The van der Waals surface area contributed by atoms with Gasteiger partial charge < -0.3 is 14.7 Å². The molecule has 0 bridgehead atoms. The van der Waals surface area contributed by atoms with Gasteiger partial charge in [-0.05, 0) is 25.0 Å². The molecule has 0 radical (unpaired) electrons. The Morgan fingerprint density at radius 3 is 2.69 bits per heavy atom. The topological polar surface area (TPSA) is 96.7 Å². The molecule has 156 valence electrons. The highest BCUT2D eigenvalue weighted by atomic mass is 19.1. The molecule has 0 atom stereocenters. The minimum Gasteiger partial charge on any atom is -0.465 e. The monoisotopic (exact) mass is 404 g/mol. The van der Waals surface area contributed by atoms with E-state index in [2.05, 4.69) is 10.4 Å². The van der Waals surface area contributed by atoms with Crippen LogP contribution in [0.1, 0.15) is 32.1 Å². The second-order valence-corrected chi connectivity index (χ2v) is 6.99. The molecule has 1 aliphatic carbocycles. The van der Waals surface area contributed by atoms with Crippen LogP contribution in [0.4, 0.5) is 14.9 Å². The maximum Gasteiger partial charge on any atom is 0.409 e. The van der Waals surface area contributed by atoms with Crippen LogP contribution in [-0.4, -0.2) is 57.6 Å². The summed E-state index contributed by atoms with van der Waals surface area (Å²) in [6.45, 7) is 1.84. The number of para-hydroxylation sites is 1. The third-order valence-electron chi connectivity index (χ3n) is 4.97. The first-order valence-corrected chi connectivity index (χ1v) is 9.71. The van der Waals surface area contributed by atoms with Gasteiger partial charge in [0.2, 0.25) is 5.91 Å². The van der Waals surface area contributed by atoms with Crippen molar-refractivity contribution in [1.29, 1.82) is 0 Å². The molecule has 0 spiro atoms. The summed E-state index contributed by atoms with van der Waals surface area (Å²) in [7, 11) is 0. The van der Waals surface area contributed by atoms with E-state index in [4.69, 9.17) is 9.84 Å². The zero-order chi connectivity index (χ0) is 20.6. The fourth-order valence-corrected chi connectivity index (χ4v) is 3.59. The molecular formula is C20H25FN4O4. The number of carboxylic acid groups (broad SMARTS) is 1. The lowest BCUT2D eigenvalue weighted by atomic mass is 9.94. The predicted molar refractivity (Wildman–Crippen MR) is 105 cm³/mol. The van der Waals surface area contributed by atoms with Crippen molar-refractivity contribution < 1.29 is 23.8 Å². The predicted octanol–water partition coefficient (Wildman–Crippen LogP) is 3.28. The Labute approximate surface area is 168 Å². The number of nitrogens with zero attached hydrogens (tertiary/aromatic N) is 3. The quantitative estimate of drug-likeness (QED) is 0.818. The van der Waals surface area contributed by atoms with Gasteiger partial charge in [-0.2, -0.15) is 5.10 Å². The van der Waals surface area contributed by atoms with Crippen molar-refractivity contribution in [3.8, 4) is 5.69 Å². The van der Waals surface area contributed by atoms with Gasteiger partial charge in [0.15, 0.2) is 0 Å². The molecule has 1 aromatic heterocycles. The van der Waals surface area contributed by atoms with Gasteiger partial charge in [-0.3, -0.25) is 10.1 Å². The average molecular weight is 404 g/mol. The van der Waals surface area contributed by atoms with Crippen LogP contribution < -0.4 is 5.32 Å². The molecular weight excluding hydrogens is 379 g/mol. The van der Waals surface area contributed by atoms with Crippen LogP contribution in [0.5, 0.6) is 0 Å². The van der Waals surface area contributed by atoms with Crippen molar-refractivity contribution in [3.63, 3.8) is 0 Å². The normalized spacial score (nSPS) is 17.4. The van der Waals surface area contributed by atoms with Crippen LogP contribution in [0.25, 0.3) is 5.69 Å². The van der Waals surface area contributed by atoms with Crippen molar-refractivity contribution in [3.05, 3.63) is 42.5 Å². The van der Waals surface area contributed by atoms with Crippen molar-refractivity contribution >= 4 is 17.7 Å². The smallest absolute Gasteiger partial charge is 0.409 e. The molecule has 1 aliphatic heterocycles. The van der Waals surface area contributed by atoms with Crippen molar-refractivity contribution in [1.82, 2.24) is 14.7 Å². The van der Waals surface area contributed by atoms with Crippen molar-refractivity contribution in [2.45, 2.75) is 38.1 Å². The fourth-order valence-electron chi connectivity index (χ4n) is 3.59. The van der Waals surface area contributed by atoms with Crippen LogP contribution in [0.15, 0.2) is 36.7 Å². The van der Waals surface area contributed by atoms with Crippen LogP contribution in [0, 0.1) is 5.82 Å². The largest absolute Gasteiger partial charge is 0.465 e. The van der Waals surface area contributed by atoms with Crippen LogP contribution in [0.2, 0.25) is 0 Å². The molecule has 1 saturated carbocycles. The first-order chi connectivity index (χ1) is 14.0. The number of hydrogen-bond acceptors (Lipinski definition) is 4. The molecule has 2 fully saturated rings. The first-order valence-electron chi connectivity index (χ1n) is 9.71. The minimum absolute atomic E-state index is 0.193. The van der Waals surface area contributed by atoms with E-state index in [-0.39, 0.29) is 17.3 Å². The number of aromatic nitrogens is 2. The Morgan fingerprint density at radius 1 is 1.24 bits per heavy atom. The zero-order valence-corrected chi connectivity index (χ0v) is 16.1. The van der Waals surface area contributed by atoms with Crippen LogP contribution in [0.3, 0.4) is 0 Å². The molecule has 29 heavy (non-hydrogen) atoms. The number of amides is 2. The average Bonchev–Trinajstić information content (AvgIpc) is 3.17. The molecule has 2 heterocycles. The molecule has 9 heteroatoms. The lowest BCUT2D eigenvalue weighted by molar-refractivity contribution is -0.146. The second kappa shape index (κ2) is 10.0. The Hall–Kier alpha value is -2.94. The number of rotatable bonds is 3. The number of nitrogens with one attached hydrogen (secondary N) is 1. The van der Waals surface area contributed by atoms with Crippen LogP contribution >= 0.6 is 0 Å². The summed E-state index contributed by atoms with van der Waals surface area (Å²) in [6.07, 6.45) is 7.83. The van der Waals surface area contributed by atoms with Gasteiger partial charge in [-0.25, -0.2) is 13.9 Å². The molecule has 2 aromatic rings. The molecule has 0 unspecified atom stereocenters. The summed E-state index contributed by atoms with van der Waals surface area (Å²) in [6, 6.07) is 6.61. The number of carbonyl (C=O) groups excluding carboxylic acids is 1. The molecule has 4 rings (SSSR count). The van der Waals surface area contributed by atoms with E-state index >= 15 is 0 Å². The third-order valence-corrected chi connectivity index (χ3v) is 4.97. The number of ether oxygens (including phenoxy) is 1. The van der Waals surface area contributed by atoms with E-state index in [9.17, 15) is 14.0 Å². The van der Waals surface area contributed by atoms with Gasteiger partial charge in [0, 0.05) is 12.6 Å². The number of carbonyl (C=O) groups is 2. The molecule has 8 nitrogen and oxygen atoms in total. The number of morpholine rings is 1. The molecule has 2 amide bonds. The highest BCUT2D eigenvalue weighted by molar-refractivity contribution is 5.82. The Morgan fingerprint density at radius 2 is 2.00 bits per heavy atom. The van der Waals surface area contributed by atoms with Gasteiger partial charge in [-0.1, -0.05) is 31.4 Å². The summed E-state index contributed by atoms with van der Waals surface area (Å²) in [5.74, 6) is -0.231. The molecule has 1 aromatic carbocycles. The molecule has 2 aliphatic rings. The van der Waals surface area contributed by atoms with Crippen molar-refractivity contribution in [2.75, 3.05) is 25.1 Å². The van der Waals surface area contributed by atoms with Crippen molar-refractivity contribution in [2.24, 2.45) is 0 Å². The zero-order valence-electron chi connectivity index (χ0n) is 16.1. The summed E-state index contributed by atoms with van der Waals surface area (Å²) in [4.78, 5) is 23.9. The summed E-state index contributed by atoms with van der Waals surface area (Å²) < 4.78 is 19.7. The Balaban J connectivity index is 0.000000169.